The fourth-order valence-electron chi connectivity index (χ4n) is 3.66. The Hall–Kier alpha value is -2.22. The molecule has 1 aliphatic heterocycles. The van der Waals surface area contributed by atoms with Gasteiger partial charge in [-0.3, -0.25) is 4.79 Å². The Morgan fingerprint density at radius 2 is 1.45 bits per heavy atom. The van der Waals surface area contributed by atoms with Crippen LogP contribution in [0.5, 0.6) is 0 Å². The van der Waals surface area contributed by atoms with E-state index in [9.17, 15) is 13.2 Å². The van der Waals surface area contributed by atoms with Crippen molar-refractivity contribution in [3.05, 3.63) is 65.2 Å². The topological polar surface area (TPSA) is 75.7 Å². The number of carbonyl (C=O) groups is 1. The summed E-state index contributed by atoms with van der Waals surface area (Å²) in [5.74, 6) is 0.435. The van der Waals surface area contributed by atoms with E-state index in [1.165, 1.54) is 22.0 Å². The molecule has 0 aromatic heterocycles. The summed E-state index contributed by atoms with van der Waals surface area (Å²) in [5, 5.41) is 3.10. The maximum atomic E-state index is 12.9. The smallest absolute Gasteiger partial charge is 0.251 e. The molecule has 1 fully saturated rings. The zero-order valence-corrected chi connectivity index (χ0v) is 19.5. The van der Waals surface area contributed by atoms with Crippen molar-refractivity contribution in [3.8, 4) is 0 Å². The lowest BCUT2D eigenvalue weighted by molar-refractivity contribution is 0.0730. The van der Waals surface area contributed by atoms with Crippen LogP contribution in [0.25, 0.3) is 0 Å². The lowest BCUT2D eigenvalue weighted by Crippen LogP contribution is -2.40. The average Bonchev–Trinajstić information content (AvgIpc) is 2.78. The van der Waals surface area contributed by atoms with Crippen LogP contribution in [0.4, 0.5) is 0 Å². The first-order chi connectivity index (χ1) is 14.7. The van der Waals surface area contributed by atoms with Crippen LogP contribution in [0.3, 0.4) is 0 Å². The summed E-state index contributed by atoms with van der Waals surface area (Å²) >= 11 is 0. The van der Waals surface area contributed by atoms with Gasteiger partial charge in [0.2, 0.25) is 10.0 Å². The average molecular weight is 445 g/mol. The highest BCUT2D eigenvalue weighted by Gasteiger charge is 2.26. The van der Waals surface area contributed by atoms with E-state index >= 15 is 0 Å². The molecule has 1 heterocycles. The normalized spacial score (nSPS) is 16.5. The summed E-state index contributed by atoms with van der Waals surface area (Å²) in [6, 6.07) is 14.4. The first-order valence-corrected chi connectivity index (χ1v) is 12.2. The van der Waals surface area contributed by atoms with Crippen LogP contribution in [0.2, 0.25) is 0 Å². The maximum absolute atomic E-state index is 12.9. The molecule has 1 aliphatic rings. The molecule has 0 bridgehead atoms. The van der Waals surface area contributed by atoms with E-state index in [4.69, 9.17) is 4.74 Å². The Bertz CT molecular complexity index is 977. The number of hydrogen-bond acceptors (Lipinski definition) is 4. The molecule has 1 amide bonds. The van der Waals surface area contributed by atoms with Crippen LogP contribution in [0.1, 0.15) is 61.1 Å². The number of benzene rings is 2. The van der Waals surface area contributed by atoms with Crippen molar-refractivity contribution in [1.29, 1.82) is 0 Å². The first kappa shape index (κ1) is 23.4. The van der Waals surface area contributed by atoms with Crippen LogP contribution in [-0.4, -0.2) is 44.9 Å². The first-order valence-electron chi connectivity index (χ1n) is 10.8. The third-order valence-electron chi connectivity index (χ3n) is 5.64. The van der Waals surface area contributed by atoms with Gasteiger partial charge in [-0.2, -0.15) is 4.31 Å². The highest BCUT2D eigenvalue weighted by atomic mass is 32.2. The van der Waals surface area contributed by atoms with Gasteiger partial charge in [0.1, 0.15) is 0 Å². The molecule has 1 N–H and O–H groups in total. The van der Waals surface area contributed by atoms with Crippen molar-refractivity contribution in [2.24, 2.45) is 5.92 Å². The third kappa shape index (κ3) is 5.53. The van der Waals surface area contributed by atoms with Crippen LogP contribution in [0.15, 0.2) is 53.4 Å². The molecule has 2 aromatic rings. The van der Waals surface area contributed by atoms with Gasteiger partial charge in [-0.05, 0) is 47.2 Å². The number of sulfonamides is 1. The largest absolute Gasteiger partial charge is 0.379 e. The van der Waals surface area contributed by atoms with E-state index in [0.29, 0.717) is 37.8 Å². The van der Waals surface area contributed by atoms with Crippen molar-refractivity contribution in [2.45, 2.75) is 44.6 Å². The molecule has 6 nitrogen and oxygen atoms in total. The molecular weight excluding hydrogens is 412 g/mol. The number of rotatable bonds is 7. The molecule has 7 heteroatoms. The van der Waals surface area contributed by atoms with Crippen molar-refractivity contribution in [3.63, 3.8) is 0 Å². The molecule has 3 rings (SSSR count). The molecule has 0 aliphatic carbocycles. The lowest BCUT2D eigenvalue weighted by atomic mass is 9.93. The molecule has 1 saturated heterocycles. The summed E-state index contributed by atoms with van der Waals surface area (Å²) in [7, 11) is -3.57. The Kier molecular flexibility index (Phi) is 7.51. The Morgan fingerprint density at radius 1 is 0.903 bits per heavy atom. The van der Waals surface area contributed by atoms with Gasteiger partial charge >= 0.3 is 0 Å². The maximum Gasteiger partial charge on any atom is 0.251 e. The van der Waals surface area contributed by atoms with Gasteiger partial charge in [-0.1, -0.05) is 52.0 Å². The summed E-state index contributed by atoms with van der Waals surface area (Å²) in [4.78, 5) is 13.1. The quantitative estimate of drug-likeness (QED) is 0.701. The summed E-state index contributed by atoms with van der Waals surface area (Å²) in [5.41, 5.74) is 2.75. The minimum absolute atomic E-state index is 0.134. The van der Waals surface area contributed by atoms with Gasteiger partial charge in [0.05, 0.1) is 24.2 Å². The highest BCUT2D eigenvalue weighted by molar-refractivity contribution is 7.89. The van der Waals surface area contributed by atoms with E-state index in [-0.39, 0.29) is 22.8 Å². The number of morpholine rings is 1. The van der Waals surface area contributed by atoms with Crippen LogP contribution < -0.4 is 5.32 Å². The van der Waals surface area contributed by atoms with Crippen molar-refractivity contribution in [2.75, 3.05) is 26.3 Å². The van der Waals surface area contributed by atoms with Crippen molar-refractivity contribution < 1.29 is 17.9 Å². The summed E-state index contributed by atoms with van der Waals surface area (Å²) in [6.07, 6.45) is 0. The molecule has 0 spiro atoms. The third-order valence-corrected chi connectivity index (χ3v) is 7.55. The molecule has 0 saturated carbocycles. The minimum Gasteiger partial charge on any atom is -0.379 e. The predicted octanol–water partition coefficient (Wildman–Crippen LogP) is 3.96. The van der Waals surface area contributed by atoms with E-state index < -0.39 is 10.0 Å². The second-order valence-electron chi connectivity index (χ2n) is 8.56. The highest BCUT2D eigenvalue weighted by Crippen LogP contribution is 2.25. The fraction of sp³-hybridized carbons (Fsp3) is 0.458. The Balaban J connectivity index is 1.74. The standard InChI is InChI=1S/C24H32N2O4S/c1-17(2)19-5-7-20(8-6-19)23(18(3)4)25-24(27)21-9-11-22(12-10-21)31(28,29)26-13-15-30-16-14-26/h5-12,17-18,23H,13-16H2,1-4H3,(H,25,27)/t23-/m1/s1. The second kappa shape index (κ2) is 9.94. The number of carbonyl (C=O) groups excluding carboxylic acids is 1. The number of ether oxygens (including phenoxy) is 1. The van der Waals surface area contributed by atoms with Gasteiger partial charge in [0, 0.05) is 18.7 Å². The number of nitrogens with one attached hydrogen (secondary N) is 1. The van der Waals surface area contributed by atoms with Gasteiger partial charge in [0.15, 0.2) is 0 Å². The molecule has 0 radical (unpaired) electrons. The van der Waals surface area contributed by atoms with Crippen molar-refractivity contribution in [1.82, 2.24) is 9.62 Å². The molecule has 168 valence electrons. The molecule has 2 aromatic carbocycles. The van der Waals surface area contributed by atoms with Gasteiger partial charge < -0.3 is 10.1 Å². The Labute approximate surface area is 185 Å². The predicted molar refractivity (Wildman–Crippen MR) is 122 cm³/mol. The zero-order valence-electron chi connectivity index (χ0n) is 18.7. The molecule has 0 unspecified atom stereocenters. The van der Waals surface area contributed by atoms with E-state index in [1.807, 2.05) is 0 Å². The van der Waals surface area contributed by atoms with Gasteiger partial charge in [-0.25, -0.2) is 8.42 Å². The van der Waals surface area contributed by atoms with Crippen LogP contribution >= 0.6 is 0 Å². The molecule has 31 heavy (non-hydrogen) atoms. The van der Waals surface area contributed by atoms with Gasteiger partial charge in [-0.15, -0.1) is 0 Å². The number of amides is 1. The zero-order chi connectivity index (χ0) is 22.6. The van der Waals surface area contributed by atoms with Crippen LogP contribution in [0, 0.1) is 5.92 Å². The second-order valence-corrected chi connectivity index (χ2v) is 10.5. The number of hydrogen-bond donors (Lipinski definition) is 1. The van der Waals surface area contributed by atoms with Crippen molar-refractivity contribution >= 4 is 15.9 Å². The molecule has 1 atom stereocenters. The van der Waals surface area contributed by atoms with Crippen LogP contribution in [-0.2, 0) is 14.8 Å². The summed E-state index contributed by atoms with van der Waals surface area (Å²) < 4.78 is 32.2. The van der Waals surface area contributed by atoms with Gasteiger partial charge in [0.25, 0.3) is 5.91 Å². The van der Waals surface area contributed by atoms with E-state index in [0.717, 1.165) is 5.56 Å². The molecular formula is C24H32N2O4S. The van der Waals surface area contributed by atoms with E-state index in [1.54, 1.807) is 12.1 Å². The SMILES string of the molecule is CC(C)c1ccc([C@H](NC(=O)c2ccc(S(=O)(=O)N3CCOCC3)cc2)C(C)C)cc1. The fourth-order valence-corrected chi connectivity index (χ4v) is 5.07. The van der Waals surface area contributed by atoms with E-state index in [2.05, 4.69) is 57.3 Å². The number of nitrogens with zero attached hydrogens (tertiary/aromatic N) is 1. The monoisotopic (exact) mass is 444 g/mol. The minimum atomic E-state index is -3.57. The summed E-state index contributed by atoms with van der Waals surface area (Å²) in [6.45, 7) is 9.92. The lowest BCUT2D eigenvalue weighted by Gasteiger charge is -2.26. The Morgan fingerprint density at radius 3 is 1.97 bits per heavy atom.